The Morgan fingerprint density at radius 3 is 2.47 bits per heavy atom. The van der Waals surface area contributed by atoms with Gasteiger partial charge in [-0.15, -0.1) is 0 Å². The average molecular weight is 291 g/mol. The van der Waals surface area contributed by atoms with Crippen LogP contribution in [0.4, 0.5) is 8.78 Å². The third-order valence-electron chi connectivity index (χ3n) is 2.65. The maximum atomic E-state index is 13.1. The summed E-state index contributed by atoms with van der Waals surface area (Å²) in [4.78, 5) is 0. The summed E-state index contributed by atoms with van der Waals surface area (Å²) in [7, 11) is -3.12. The molecule has 0 bridgehead atoms. The van der Waals surface area contributed by atoms with E-state index in [1.54, 1.807) is 0 Å². The molecule has 0 spiro atoms. The largest absolute Gasteiger partial charge is 0.313 e. The van der Waals surface area contributed by atoms with Gasteiger partial charge in [0.15, 0.2) is 11.6 Å². The zero-order valence-corrected chi connectivity index (χ0v) is 11.9. The molecule has 3 nitrogen and oxygen atoms in total. The van der Waals surface area contributed by atoms with Crippen molar-refractivity contribution in [3.8, 4) is 0 Å². The van der Waals surface area contributed by atoms with Crippen LogP contribution in [0.1, 0.15) is 18.9 Å². The predicted octanol–water partition coefficient (Wildman–Crippen LogP) is 1.92. The van der Waals surface area contributed by atoms with Crippen LogP contribution >= 0.6 is 0 Å². The van der Waals surface area contributed by atoms with Crippen molar-refractivity contribution in [2.45, 2.75) is 25.8 Å². The topological polar surface area (TPSA) is 46.2 Å². The smallest absolute Gasteiger partial charge is 0.159 e. The first kappa shape index (κ1) is 16.0. The van der Waals surface area contributed by atoms with E-state index in [1.165, 1.54) is 12.3 Å². The van der Waals surface area contributed by atoms with E-state index >= 15 is 0 Å². The maximum absolute atomic E-state index is 13.1. The number of rotatable bonds is 7. The van der Waals surface area contributed by atoms with Crippen molar-refractivity contribution in [2.75, 3.05) is 18.6 Å². The summed E-state index contributed by atoms with van der Waals surface area (Å²) in [5.74, 6) is -1.83. The predicted molar refractivity (Wildman–Crippen MR) is 71.9 cm³/mol. The Balaban J connectivity index is 2.77. The Bertz CT molecular complexity index is 517. The minimum atomic E-state index is -3.12. The maximum Gasteiger partial charge on any atom is 0.159 e. The van der Waals surface area contributed by atoms with Crippen LogP contribution in [0.3, 0.4) is 0 Å². The van der Waals surface area contributed by atoms with Crippen LogP contribution in [0.2, 0.25) is 0 Å². The normalized spacial score (nSPS) is 13.5. The van der Waals surface area contributed by atoms with Crippen molar-refractivity contribution < 1.29 is 17.2 Å². The summed E-state index contributed by atoms with van der Waals surface area (Å²) < 4.78 is 48.6. The molecule has 0 saturated carbocycles. The van der Waals surface area contributed by atoms with E-state index in [0.717, 1.165) is 18.6 Å². The van der Waals surface area contributed by atoms with E-state index in [0.29, 0.717) is 18.5 Å². The third kappa shape index (κ3) is 6.11. The minimum Gasteiger partial charge on any atom is -0.313 e. The van der Waals surface area contributed by atoms with Crippen LogP contribution in [-0.4, -0.2) is 33.0 Å². The van der Waals surface area contributed by atoms with Crippen molar-refractivity contribution in [2.24, 2.45) is 0 Å². The van der Waals surface area contributed by atoms with Crippen LogP contribution in [-0.2, 0) is 16.3 Å². The second-order valence-corrected chi connectivity index (χ2v) is 6.88. The highest BCUT2D eigenvalue weighted by molar-refractivity contribution is 7.90. The highest BCUT2D eigenvalue weighted by atomic mass is 32.2. The van der Waals surface area contributed by atoms with Gasteiger partial charge in [0.1, 0.15) is 9.84 Å². The van der Waals surface area contributed by atoms with E-state index < -0.39 is 21.5 Å². The molecule has 19 heavy (non-hydrogen) atoms. The Hall–Kier alpha value is -1.01. The molecule has 1 aromatic rings. The quantitative estimate of drug-likeness (QED) is 0.835. The van der Waals surface area contributed by atoms with Gasteiger partial charge in [0, 0.05) is 12.3 Å². The Labute approximate surface area is 112 Å². The monoisotopic (exact) mass is 291 g/mol. The molecule has 0 aliphatic carbocycles. The number of halogens is 2. The highest BCUT2D eigenvalue weighted by Crippen LogP contribution is 2.11. The van der Waals surface area contributed by atoms with Crippen molar-refractivity contribution in [3.63, 3.8) is 0 Å². The zero-order valence-electron chi connectivity index (χ0n) is 11.1. The summed E-state index contributed by atoms with van der Waals surface area (Å²) in [5, 5.41) is 3.11. The fourth-order valence-electron chi connectivity index (χ4n) is 1.86. The molecule has 0 heterocycles. The van der Waals surface area contributed by atoms with Crippen molar-refractivity contribution >= 4 is 9.84 Å². The molecule has 0 saturated heterocycles. The van der Waals surface area contributed by atoms with Gasteiger partial charge in [-0.3, -0.25) is 0 Å². The van der Waals surface area contributed by atoms with Gasteiger partial charge < -0.3 is 5.32 Å². The SMILES string of the molecule is CCCNC(Cc1ccc(F)c(F)c1)CS(C)(=O)=O. The Morgan fingerprint density at radius 1 is 1.26 bits per heavy atom. The lowest BCUT2D eigenvalue weighted by Gasteiger charge is -2.17. The molecule has 0 aliphatic heterocycles. The summed E-state index contributed by atoms with van der Waals surface area (Å²) in [6.07, 6.45) is 2.39. The van der Waals surface area contributed by atoms with Crippen LogP contribution in [0.5, 0.6) is 0 Å². The standard InChI is InChI=1S/C13H19F2NO2S/c1-3-6-16-11(9-19(2,17)18)7-10-4-5-12(14)13(15)8-10/h4-5,8,11,16H,3,6-7,9H2,1-2H3. The molecular weight excluding hydrogens is 272 g/mol. The molecule has 1 N–H and O–H groups in total. The van der Waals surface area contributed by atoms with Crippen LogP contribution < -0.4 is 5.32 Å². The first-order chi connectivity index (χ1) is 8.81. The summed E-state index contributed by atoms with van der Waals surface area (Å²) in [6, 6.07) is 3.35. The first-order valence-corrected chi connectivity index (χ1v) is 8.23. The van der Waals surface area contributed by atoms with Gasteiger partial charge in [-0.2, -0.15) is 0 Å². The lowest BCUT2D eigenvalue weighted by Crippen LogP contribution is -2.37. The molecule has 1 atom stereocenters. The summed E-state index contributed by atoms with van der Waals surface area (Å²) in [6.45, 7) is 2.66. The molecule has 0 amide bonds. The molecular formula is C13H19F2NO2S. The molecule has 1 rings (SSSR count). The molecule has 0 aliphatic rings. The van der Waals surface area contributed by atoms with E-state index in [2.05, 4.69) is 5.32 Å². The Morgan fingerprint density at radius 2 is 1.95 bits per heavy atom. The van der Waals surface area contributed by atoms with Crippen LogP contribution in [0.25, 0.3) is 0 Å². The number of hydrogen-bond donors (Lipinski definition) is 1. The van der Waals surface area contributed by atoms with E-state index in [1.807, 2.05) is 6.92 Å². The lowest BCUT2D eigenvalue weighted by molar-refractivity contribution is 0.501. The van der Waals surface area contributed by atoms with Gasteiger partial charge in [-0.05, 0) is 37.1 Å². The van der Waals surface area contributed by atoms with Gasteiger partial charge >= 0.3 is 0 Å². The Kier molecular flexibility index (Phi) is 5.87. The zero-order chi connectivity index (χ0) is 14.5. The average Bonchev–Trinajstić information content (AvgIpc) is 2.29. The van der Waals surface area contributed by atoms with E-state index in [4.69, 9.17) is 0 Å². The van der Waals surface area contributed by atoms with Gasteiger partial charge in [-0.25, -0.2) is 17.2 Å². The number of sulfone groups is 1. The van der Waals surface area contributed by atoms with E-state index in [9.17, 15) is 17.2 Å². The summed E-state index contributed by atoms with van der Waals surface area (Å²) >= 11 is 0. The summed E-state index contributed by atoms with van der Waals surface area (Å²) in [5.41, 5.74) is 0.580. The van der Waals surface area contributed by atoms with E-state index in [-0.39, 0.29) is 11.8 Å². The van der Waals surface area contributed by atoms with Crippen LogP contribution in [0.15, 0.2) is 18.2 Å². The fraction of sp³-hybridized carbons (Fsp3) is 0.538. The van der Waals surface area contributed by atoms with Gasteiger partial charge in [-0.1, -0.05) is 13.0 Å². The molecule has 0 fully saturated rings. The fourth-order valence-corrected chi connectivity index (χ4v) is 2.82. The third-order valence-corrected chi connectivity index (χ3v) is 3.66. The second-order valence-electron chi connectivity index (χ2n) is 4.70. The lowest BCUT2D eigenvalue weighted by atomic mass is 10.1. The van der Waals surface area contributed by atoms with Crippen molar-refractivity contribution in [1.82, 2.24) is 5.32 Å². The van der Waals surface area contributed by atoms with Gasteiger partial charge in [0.25, 0.3) is 0 Å². The highest BCUT2D eigenvalue weighted by Gasteiger charge is 2.16. The molecule has 1 unspecified atom stereocenters. The molecule has 0 radical (unpaired) electrons. The molecule has 1 aromatic carbocycles. The number of benzene rings is 1. The van der Waals surface area contributed by atoms with Crippen molar-refractivity contribution in [1.29, 1.82) is 0 Å². The first-order valence-electron chi connectivity index (χ1n) is 6.17. The van der Waals surface area contributed by atoms with Gasteiger partial charge in [0.2, 0.25) is 0 Å². The van der Waals surface area contributed by atoms with Crippen molar-refractivity contribution in [3.05, 3.63) is 35.4 Å². The van der Waals surface area contributed by atoms with Gasteiger partial charge in [0.05, 0.1) is 5.75 Å². The molecule has 6 heteroatoms. The molecule has 0 aromatic heterocycles. The minimum absolute atomic E-state index is 0.0218. The van der Waals surface area contributed by atoms with Crippen LogP contribution in [0, 0.1) is 11.6 Å². The number of hydrogen-bond acceptors (Lipinski definition) is 3. The number of nitrogens with one attached hydrogen (secondary N) is 1. The molecule has 108 valence electrons. The second kappa shape index (κ2) is 6.96.